The van der Waals surface area contributed by atoms with Crippen LogP contribution in [0.15, 0.2) is 47.8 Å². The summed E-state index contributed by atoms with van der Waals surface area (Å²) in [5.41, 5.74) is -11.7. The molecule has 1 unspecified atom stereocenters. The van der Waals surface area contributed by atoms with Crippen molar-refractivity contribution in [3.05, 3.63) is 76.1 Å². The van der Waals surface area contributed by atoms with Crippen LogP contribution >= 0.6 is 0 Å². The van der Waals surface area contributed by atoms with E-state index in [1.54, 1.807) is 5.32 Å². The van der Waals surface area contributed by atoms with Crippen LogP contribution in [0.3, 0.4) is 0 Å². The van der Waals surface area contributed by atoms with E-state index in [2.05, 4.69) is 9.99 Å². The first-order valence-corrected chi connectivity index (χ1v) is 11.9. The number of pyridine rings is 1. The molecule has 0 bridgehead atoms. The number of hydrogen-bond acceptors (Lipinski definition) is 4. The molecule has 3 heterocycles. The number of aromatic carboxylic acids is 1. The summed E-state index contributed by atoms with van der Waals surface area (Å²) < 4.78 is 162. The average Bonchev–Trinajstić information content (AvgIpc) is 3.51. The van der Waals surface area contributed by atoms with Gasteiger partial charge in [0.1, 0.15) is 12.3 Å². The largest absolute Gasteiger partial charge is 0.478 e. The van der Waals surface area contributed by atoms with Gasteiger partial charge in [0.15, 0.2) is 0 Å². The van der Waals surface area contributed by atoms with E-state index in [1.165, 1.54) is 0 Å². The quantitative estimate of drug-likeness (QED) is 0.299. The Morgan fingerprint density at radius 1 is 0.909 bits per heavy atom. The molecule has 44 heavy (non-hydrogen) atoms. The van der Waals surface area contributed by atoms with Crippen LogP contribution in [-0.4, -0.2) is 46.0 Å². The van der Waals surface area contributed by atoms with E-state index in [1.807, 2.05) is 0 Å². The van der Waals surface area contributed by atoms with Gasteiger partial charge in [0, 0.05) is 11.8 Å². The molecule has 0 aliphatic carbocycles. The zero-order valence-electron chi connectivity index (χ0n) is 21.3. The molecule has 0 saturated carbocycles. The fourth-order valence-electron chi connectivity index (χ4n) is 4.51. The SMILES string of the molecule is O=C(Cc1ccn2c(C3=NOC(c4cc(C(F)(F)F)cc(C(F)(F)F)c4)(C(F)(F)F)C3)ccc(C(=O)O)c12)NCC(F)(F)F. The Balaban J connectivity index is 1.81. The van der Waals surface area contributed by atoms with Crippen molar-refractivity contribution in [2.45, 2.75) is 43.1 Å². The molecule has 0 saturated heterocycles. The zero-order chi connectivity index (χ0) is 33.0. The van der Waals surface area contributed by atoms with Crippen molar-refractivity contribution in [1.29, 1.82) is 0 Å². The van der Waals surface area contributed by atoms with Crippen molar-refractivity contribution in [2.24, 2.45) is 5.16 Å². The maximum Gasteiger partial charge on any atom is 0.435 e. The number of rotatable bonds is 6. The van der Waals surface area contributed by atoms with Crippen LogP contribution in [0.4, 0.5) is 52.7 Å². The summed E-state index contributed by atoms with van der Waals surface area (Å²) in [4.78, 5) is 28.5. The third kappa shape index (κ3) is 6.26. The van der Waals surface area contributed by atoms with Crippen LogP contribution in [0.1, 0.15) is 44.7 Å². The summed E-state index contributed by atoms with van der Waals surface area (Å²) in [6, 6.07) is 2.17. The number of hydrogen-bond donors (Lipinski definition) is 2. The van der Waals surface area contributed by atoms with Gasteiger partial charge in [-0.1, -0.05) is 5.16 Å². The second kappa shape index (κ2) is 10.6. The minimum Gasteiger partial charge on any atom is -0.478 e. The first-order valence-electron chi connectivity index (χ1n) is 11.9. The standard InChI is InChI=1S/C25H15F12N3O4/c26-22(27,28)10-38-18(41)5-11-3-4-40-17(2-1-15(19(11)40)20(42)43)16-9-21(44-39-16,25(35,36)37)12-6-13(23(29,30)31)8-14(7-12)24(32,33)34/h1-4,6-8H,5,9-10H2,(H,38,41)(H,42,43). The third-order valence-corrected chi connectivity index (χ3v) is 6.50. The number of alkyl halides is 12. The number of nitrogens with zero attached hydrogens (tertiary/aromatic N) is 2. The van der Waals surface area contributed by atoms with Gasteiger partial charge in [-0.2, -0.15) is 52.7 Å². The smallest absolute Gasteiger partial charge is 0.435 e. The van der Waals surface area contributed by atoms with Crippen LogP contribution in [0.5, 0.6) is 0 Å². The number of carboxylic acids is 1. The van der Waals surface area contributed by atoms with Gasteiger partial charge in [0.05, 0.1) is 40.7 Å². The Kier molecular flexibility index (Phi) is 7.83. The van der Waals surface area contributed by atoms with Crippen LogP contribution in [0.25, 0.3) is 5.52 Å². The average molecular weight is 649 g/mol. The lowest BCUT2D eigenvalue weighted by atomic mass is 9.85. The molecule has 3 aromatic rings. The molecule has 1 aliphatic heterocycles. The van der Waals surface area contributed by atoms with E-state index in [0.29, 0.717) is 0 Å². The van der Waals surface area contributed by atoms with Gasteiger partial charge >= 0.3 is 30.7 Å². The molecule has 2 aromatic heterocycles. The Morgan fingerprint density at radius 3 is 2.00 bits per heavy atom. The second-order valence-corrected chi connectivity index (χ2v) is 9.49. The Morgan fingerprint density at radius 2 is 1.50 bits per heavy atom. The summed E-state index contributed by atoms with van der Waals surface area (Å²) in [7, 11) is 0. The molecule has 4 rings (SSSR count). The molecular formula is C25H15F12N3O4. The Hall–Kier alpha value is -4.45. The number of aromatic nitrogens is 1. The van der Waals surface area contributed by atoms with Crippen molar-refractivity contribution in [3.63, 3.8) is 0 Å². The number of benzene rings is 1. The van der Waals surface area contributed by atoms with Crippen LogP contribution < -0.4 is 5.32 Å². The second-order valence-electron chi connectivity index (χ2n) is 9.49. The highest BCUT2D eigenvalue weighted by molar-refractivity contribution is 6.04. The molecule has 19 heteroatoms. The number of nitrogens with one attached hydrogen (secondary N) is 1. The predicted molar refractivity (Wildman–Crippen MR) is 124 cm³/mol. The fraction of sp³-hybridized carbons (Fsp3) is 0.320. The lowest BCUT2D eigenvalue weighted by Gasteiger charge is -2.30. The van der Waals surface area contributed by atoms with Crippen molar-refractivity contribution in [3.8, 4) is 0 Å². The molecule has 0 radical (unpaired) electrons. The van der Waals surface area contributed by atoms with Gasteiger partial charge in [0.25, 0.3) is 5.60 Å². The summed E-state index contributed by atoms with van der Waals surface area (Å²) in [6.07, 6.45) is -22.7. The van der Waals surface area contributed by atoms with E-state index < -0.39 is 89.5 Å². The van der Waals surface area contributed by atoms with Crippen molar-refractivity contribution in [1.82, 2.24) is 9.72 Å². The number of carboxylic acid groups (broad SMARTS) is 1. The highest BCUT2D eigenvalue weighted by atomic mass is 19.4. The van der Waals surface area contributed by atoms with Crippen molar-refractivity contribution < 1.29 is 72.2 Å². The van der Waals surface area contributed by atoms with E-state index in [-0.39, 0.29) is 35.0 Å². The molecular weight excluding hydrogens is 634 g/mol. The Bertz CT molecular complexity index is 1620. The Labute approximate surface area is 236 Å². The number of oxime groups is 1. The molecule has 7 nitrogen and oxygen atoms in total. The molecule has 1 aliphatic rings. The highest BCUT2D eigenvalue weighted by Crippen LogP contribution is 2.51. The summed E-state index contributed by atoms with van der Waals surface area (Å²) >= 11 is 0. The number of amides is 1. The van der Waals surface area contributed by atoms with Crippen molar-refractivity contribution in [2.75, 3.05) is 6.54 Å². The lowest BCUT2D eigenvalue weighted by Crippen LogP contribution is -2.43. The third-order valence-electron chi connectivity index (χ3n) is 6.50. The topological polar surface area (TPSA) is 92.4 Å². The van der Waals surface area contributed by atoms with Crippen molar-refractivity contribution >= 4 is 23.1 Å². The number of carbonyl (C=O) groups is 2. The molecule has 2 N–H and O–H groups in total. The van der Waals surface area contributed by atoms with Crippen LogP contribution in [0, 0.1) is 0 Å². The summed E-state index contributed by atoms with van der Waals surface area (Å²) in [5.74, 6) is -2.81. The van der Waals surface area contributed by atoms with Gasteiger partial charge in [0.2, 0.25) is 5.91 Å². The van der Waals surface area contributed by atoms with Gasteiger partial charge in [-0.15, -0.1) is 0 Å². The molecule has 1 atom stereocenters. The number of fused-ring (bicyclic) bond motifs is 1. The normalized spacial score (nSPS) is 17.9. The molecule has 0 spiro atoms. The van der Waals surface area contributed by atoms with Gasteiger partial charge in [-0.3, -0.25) is 4.79 Å². The monoisotopic (exact) mass is 649 g/mol. The lowest BCUT2D eigenvalue weighted by molar-refractivity contribution is -0.276. The minimum atomic E-state index is -5.65. The minimum absolute atomic E-state index is 0.155. The maximum absolute atomic E-state index is 14.5. The summed E-state index contributed by atoms with van der Waals surface area (Å²) in [5, 5.41) is 14.5. The molecule has 238 valence electrons. The molecule has 1 amide bonds. The van der Waals surface area contributed by atoms with Gasteiger partial charge in [-0.25, -0.2) is 4.79 Å². The van der Waals surface area contributed by atoms with E-state index in [9.17, 15) is 67.4 Å². The van der Waals surface area contributed by atoms with Gasteiger partial charge in [-0.05, 0) is 42.0 Å². The first kappa shape index (κ1) is 32.5. The number of carbonyl (C=O) groups excluding carboxylic acids is 1. The predicted octanol–water partition coefficient (Wildman–Crippen LogP) is 6.48. The van der Waals surface area contributed by atoms with Crippen LogP contribution in [0.2, 0.25) is 0 Å². The molecule has 1 aromatic carbocycles. The highest BCUT2D eigenvalue weighted by Gasteiger charge is 2.63. The number of halogens is 12. The maximum atomic E-state index is 14.5. The molecule has 0 fully saturated rings. The van der Waals surface area contributed by atoms with E-state index in [0.717, 1.165) is 28.8 Å². The summed E-state index contributed by atoms with van der Waals surface area (Å²) in [6.45, 7) is -1.71. The van der Waals surface area contributed by atoms with E-state index >= 15 is 0 Å². The van der Waals surface area contributed by atoms with Crippen LogP contribution in [-0.2, 0) is 34.0 Å². The zero-order valence-corrected chi connectivity index (χ0v) is 21.3. The first-order chi connectivity index (χ1) is 20.0. The van der Waals surface area contributed by atoms with Gasteiger partial charge < -0.3 is 19.7 Å². The fourth-order valence-corrected chi connectivity index (χ4v) is 4.51. The van der Waals surface area contributed by atoms with E-state index in [4.69, 9.17) is 0 Å².